The molecule has 9 heteroatoms. The predicted molar refractivity (Wildman–Crippen MR) is 77.7 cm³/mol. The van der Waals surface area contributed by atoms with Crippen molar-refractivity contribution in [3.8, 4) is 0 Å². The van der Waals surface area contributed by atoms with Crippen molar-refractivity contribution in [3.05, 3.63) is 27.0 Å². The van der Waals surface area contributed by atoms with Crippen molar-refractivity contribution < 1.29 is 8.42 Å². The van der Waals surface area contributed by atoms with Crippen LogP contribution in [0.25, 0.3) is 0 Å². The minimum absolute atomic E-state index is 0.275. The van der Waals surface area contributed by atoms with Gasteiger partial charge >= 0.3 is 0 Å². The molecular formula is C9H10BrN3O2S3. The third-order valence-corrected chi connectivity index (χ3v) is 6.49. The number of thiophene rings is 1. The second-order valence-corrected chi connectivity index (χ2v) is 8.82. The van der Waals surface area contributed by atoms with E-state index in [1.54, 1.807) is 18.3 Å². The highest BCUT2D eigenvalue weighted by Crippen LogP contribution is 2.28. The number of nitrogens with two attached hydrogens (primary N) is 1. The summed E-state index contributed by atoms with van der Waals surface area (Å²) in [6.07, 6.45) is 2.24. The zero-order valence-corrected chi connectivity index (χ0v) is 13.1. The lowest BCUT2D eigenvalue weighted by molar-refractivity contribution is 0.603. The number of hydrogen-bond acceptors (Lipinski definition) is 6. The van der Waals surface area contributed by atoms with E-state index in [1.165, 1.54) is 22.7 Å². The van der Waals surface area contributed by atoms with Crippen molar-refractivity contribution in [3.63, 3.8) is 0 Å². The van der Waals surface area contributed by atoms with Crippen LogP contribution >= 0.6 is 38.6 Å². The molecular weight excluding hydrogens is 358 g/mol. The van der Waals surface area contributed by atoms with Crippen LogP contribution in [0.1, 0.15) is 4.88 Å². The summed E-state index contributed by atoms with van der Waals surface area (Å²) in [6, 6.07) is 3.37. The number of aromatic nitrogens is 1. The highest BCUT2D eigenvalue weighted by atomic mass is 79.9. The monoisotopic (exact) mass is 367 g/mol. The van der Waals surface area contributed by atoms with Crippen LogP contribution in [0.3, 0.4) is 0 Å². The summed E-state index contributed by atoms with van der Waals surface area (Å²) in [5.74, 6) is 0. The first-order chi connectivity index (χ1) is 8.51. The lowest BCUT2D eigenvalue weighted by Crippen LogP contribution is -2.11. The van der Waals surface area contributed by atoms with E-state index in [0.29, 0.717) is 18.1 Å². The Morgan fingerprint density at radius 3 is 2.78 bits per heavy atom. The zero-order chi connectivity index (χ0) is 13.2. The molecule has 0 amide bonds. The number of halogens is 1. The molecule has 0 aliphatic rings. The quantitative estimate of drug-likeness (QED) is 0.848. The number of rotatable bonds is 5. The van der Waals surface area contributed by atoms with Gasteiger partial charge in [0, 0.05) is 4.88 Å². The molecule has 5 nitrogen and oxygen atoms in total. The van der Waals surface area contributed by atoms with Gasteiger partial charge in [0.2, 0.25) is 0 Å². The van der Waals surface area contributed by atoms with Crippen molar-refractivity contribution in [2.45, 2.75) is 10.6 Å². The Labute approximate surface area is 121 Å². The maximum absolute atomic E-state index is 12.0. The average Bonchev–Trinajstić information content (AvgIpc) is 2.88. The van der Waals surface area contributed by atoms with Gasteiger partial charge in [-0.1, -0.05) is 11.3 Å². The molecule has 2 aromatic rings. The first-order valence-electron chi connectivity index (χ1n) is 4.94. The van der Waals surface area contributed by atoms with Crippen LogP contribution < -0.4 is 10.5 Å². The molecule has 3 N–H and O–H groups in total. The Morgan fingerprint density at radius 1 is 1.39 bits per heavy atom. The maximum atomic E-state index is 12.0. The fraction of sp³-hybridized carbons (Fsp3) is 0.222. The Hall–Kier alpha value is -0.480. The summed E-state index contributed by atoms with van der Waals surface area (Å²) in [6.45, 7) is 0.507. The number of anilines is 1. The first kappa shape index (κ1) is 13.9. The largest absolute Gasteiger partial charge is 0.330 e. The van der Waals surface area contributed by atoms with Gasteiger partial charge in [-0.05, 0) is 41.0 Å². The van der Waals surface area contributed by atoms with E-state index in [9.17, 15) is 8.42 Å². The lowest BCUT2D eigenvalue weighted by Gasteiger charge is -2.01. The topological polar surface area (TPSA) is 85.1 Å². The molecule has 0 unspecified atom stereocenters. The number of hydrogen-bond donors (Lipinski definition) is 2. The van der Waals surface area contributed by atoms with E-state index < -0.39 is 10.0 Å². The van der Waals surface area contributed by atoms with Gasteiger partial charge in [-0.25, -0.2) is 13.4 Å². The molecule has 0 atom stereocenters. The van der Waals surface area contributed by atoms with Gasteiger partial charge < -0.3 is 5.73 Å². The molecule has 2 rings (SSSR count). The second kappa shape index (κ2) is 5.66. The number of nitrogens with one attached hydrogen (secondary N) is 1. The molecule has 0 fully saturated rings. The standard InChI is InChI=1S/C9H10BrN3O2S3/c10-7-5-12-9(17-7)13-18(14,15)8-2-1-6(16-8)3-4-11/h1-2,5H,3-4,11H2,(H,12,13). The van der Waals surface area contributed by atoms with E-state index in [1.807, 2.05) is 0 Å². The third-order valence-electron chi connectivity index (χ3n) is 1.99. The summed E-state index contributed by atoms with van der Waals surface area (Å²) < 4.78 is 27.6. The molecule has 18 heavy (non-hydrogen) atoms. The fourth-order valence-electron chi connectivity index (χ4n) is 1.25. The van der Waals surface area contributed by atoms with Crippen LogP contribution in [0.2, 0.25) is 0 Å². The van der Waals surface area contributed by atoms with Gasteiger partial charge in [0.25, 0.3) is 10.0 Å². The third kappa shape index (κ3) is 3.29. The summed E-state index contributed by atoms with van der Waals surface area (Å²) in [4.78, 5) is 4.89. The molecule has 0 saturated carbocycles. The van der Waals surface area contributed by atoms with Gasteiger partial charge in [0.1, 0.15) is 4.21 Å². The minimum Gasteiger partial charge on any atom is -0.330 e. The number of thiazole rings is 1. The van der Waals surface area contributed by atoms with Crippen molar-refractivity contribution in [1.29, 1.82) is 0 Å². The van der Waals surface area contributed by atoms with Crippen molar-refractivity contribution in [1.82, 2.24) is 4.98 Å². The summed E-state index contributed by atoms with van der Waals surface area (Å²) in [5, 5.41) is 0.343. The SMILES string of the molecule is NCCc1ccc(S(=O)(=O)Nc2ncc(Br)s2)s1. The Balaban J connectivity index is 2.19. The van der Waals surface area contributed by atoms with E-state index in [2.05, 4.69) is 25.6 Å². The summed E-state index contributed by atoms with van der Waals surface area (Å²) in [7, 11) is -3.54. The first-order valence-corrected chi connectivity index (χ1v) is 8.85. The smallest absolute Gasteiger partial charge is 0.273 e. The van der Waals surface area contributed by atoms with Crippen LogP contribution in [-0.4, -0.2) is 19.9 Å². The van der Waals surface area contributed by atoms with Crippen LogP contribution in [0, 0.1) is 0 Å². The number of sulfonamides is 1. The minimum atomic E-state index is -3.54. The molecule has 0 saturated heterocycles. The Morgan fingerprint density at radius 2 is 2.17 bits per heavy atom. The van der Waals surface area contributed by atoms with Gasteiger partial charge in [-0.2, -0.15) is 0 Å². The van der Waals surface area contributed by atoms with E-state index in [4.69, 9.17) is 5.73 Å². The summed E-state index contributed by atoms with van der Waals surface area (Å²) >= 11 is 5.68. The van der Waals surface area contributed by atoms with Crippen molar-refractivity contribution >= 4 is 53.8 Å². The van der Waals surface area contributed by atoms with E-state index >= 15 is 0 Å². The fourth-order valence-corrected chi connectivity index (χ4v) is 4.97. The molecule has 0 aromatic carbocycles. The van der Waals surface area contributed by atoms with Crippen LogP contribution in [0.15, 0.2) is 26.3 Å². The van der Waals surface area contributed by atoms with Gasteiger partial charge in [-0.15, -0.1) is 11.3 Å². The Kier molecular flexibility index (Phi) is 4.38. The second-order valence-electron chi connectivity index (χ2n) is 3.33. The van der Waals surface area contributed by atoms with Gasteiger partial charge in [-0.3, -0.25) is 4.72 Å². The average molecular weight is 368 g/mol. The molecule has 0 radical (unpaired) electrons. The van der Waals surface area contributed by atoms with Gasteiger partial charge in [0.05, 0.1) is 9.98 Å². The van der Waals surface area contributed by atoms with Crippen molar-refractivity contribution in [2.75, 3.05) is 11.3 Å². The lowest BCUT2D eigenvalue weighted by atomic mass is 10.3. The predicted octanol–water partition coefficient (Wildman–Crippen LogP) is 2.27. The zero-order valence-electron chi connectivity index (χ0n) is 9.09. The molecule has 98 valence electrons. The highest BCUT2D eigenvalue weighted by Gasteiger charge is 2.18. The van der Waals surface area contributed by atoms with E-state index in [-0.39, 0.29) is 4.21 Å². The maximum Gasteiger partial charge on any atom is 0.273 e. The van der Waals surface area contributed by atoms with Crippen LogP contribution in [0.4, 0.5) is 5.13 Å². The van der Waals surface area contributed by atoms with Gasteiger partial charge in [0.15, 0.2) is 5.13 Å². The molecule has 0 aliphatic heterocycles. The Bertz CT molecular complexity index is 635. The molecule has 2 heterocycles. The summed E-state index contributed by atoms with van der Waals surface area (Å²) in [5.41, 5.74) is 5.43. The highest BCUT2D eigenvalue weighted by molar-refractivity contribution is 9.11. The number of nitrogens with zero attached hydrogens (tertiary/aromatic N) is 1. The van der Waals surface area contributed by atoms with Crippen LogP contribution in [0.5, 0.6) is 0 Å². The molecule has 0 spiro atoms. The van der Waals surface area contributed by atoms with Crippen molar-refractivity contribution in [2.24, 2.45) is 5.73 Å². The van der Waals surface area contributed by atoms with Crippen LogP contribution in [-0.2, 0) is 16.4 Å². The molecule has 0 aliphatic carbocycles. The molecule has 2 aromatic heterocycles. The normalized spacial score (nSPS) is 11.7. The van der Waals surface area contributed by atoms with E-state index in [0.717, 1.165) is 8.66 Å². The molecule has 0 bridgehead atoms.